The topological polar surface area (TPSA) is 60.8 Å². The number of carboxylic acids is 1. The van der Waals surface area contributed by atoms with Gasteiger partial charge in [-0.3, -0.25) is 9.69 Å². The fourth-order valence-electron chi connectivity index (χ4n) is 2.46. The summed E-state index contributed by atoms with van der Waals surface area (Å²) in [5.74, 6) is -1.30. The summed E-state index contributed by atoms with van der Waals surface area (Å²) in [7, 11) is 0. The third kappa shape index (κ3) is 2.40. The van der Waals surface area contributed by atoms with E-state index in [-0.39, 0.29) is 6.04 Å². The van der Waals surface area contributed by atoms with Gasteiger partial charge in [0.2, 0.25) is 0 Å². The molecule has 3 atom stereocenters. The molecule has 0 bridgehead atoms. The van der Waals surface area contributed by atoms with Gasteiger partial charge in [0.05, 0.1) is 12.0 Å². The Bertz CT molecular complexity index is 444. The number of aliphatic hydroxyl groups excluding tert-OH is 1. The molecule has 3 unspecified atom stereocenters. The molecular formula is C14H19NO3. The predicted molar refractivity (Wildman–Crippen MR) is 68.4 cm³/mol. The van der Waals surface area contributed by atoms with Crippen molar-refractivity contribution < 1.29 is 15.0 Å². The molecular weight excluding hydrogens is 230 g/mol. The largest absolute Gasteiger partial charge is 0.481 e. The van der Waals surface area contributed by atoms with Crippen LogP contribution in [-0.2, 0) is 11.3 Å². The van der Waals surface area contributed by atoms with E-state index in [1.54, 1.807) is 6.92 Å². The smallest absolute Gasteiger partial charge is 0.312 e. The number of aliphatic carboxylic acids is 1. The number of rotatable bonds is 3. The van der Waals surface area contributed by atoms with Crippen LogP contribution in [0.4, 0.5) is 0 Å². The molecule has 0 aliphatic carbocycles. The van der Waals surface area contributed by atoms with Crippen molar-refractivity contribution in [2.24, 2.45) is 0 Å². The second kappa shape index (κ2) is 5.08. The molecule has 0 fully saturated rings. The number of fused-ring (bicyclic) bond motifs is 1. The number of benzene rings is 1. The van der Waals surface area contributed by atoms with E-state index in [4.69, 9.17) is 0 Å². The third-order valence-electron chi connectivity index (χ3n) is 3.79. The van der Waals surface area contributed by atoms with Crippen molar-refractivity contribution in [3.63, 3.8) is 0 Å². The number of carboxylic acid groups (broad SMARTS) is 1. The van der Waals surface area contributed by atoms with Gasteiger partial charge in [-0.15, -0.1) is 0 Å². The zero-order valence-electron chi connectivity index (χ0n) is 10.7. The second-order valence-electron chi connectivity index (χ2n) is 5.00. The quantitative estimate of drug-likeness (QED) is 0.851. The summed E-state index contributed by atoms with van der Waals surface area (Å²) in [5, 5.41) is 19.0. The Morgan fingerprint density at radius 2 is 2.06 bits per heavy atom. The molecule has 0 radical (unpaired) electrons. The van der Waals surface area contributed by atoms with Gasteiger partial charge in [-0.25, -0.2) is 0 Å². The molecule has 1 aliphatic rings. The Morgan fingerprint density at radius 3 is 2.67 bits per heavy atom. The van der Waals surface area contributed by atoms with Gasteiger partial charge in [-0.05, 0) is 25.0 Å². The zero-order valence-corrected chi connectivity index (χ0v) is 10.7. The summed E-state index contributed by atoms with van der Waals surface area (Å²) in [5.41, 5.74) is 1.95. The van der Waals surface area contributed by atoms with Crippen LogP contribution >= 0.6 is 0 Å². The molecule has 0 amide bonds. The molecule has 4 heteroatoms. The van der Waals surface area contributed by atoms with Crippen LogP contribution in [0.1, 0.15) is 30.9 Å². The minimum atomic E-state index is -0.801. The second-order valence-corrected chi connectivity index (χ2v) is 5.00. The first kappa shape index (κ1) is 13.1. The molecule has 0 aromatic heterocycles. The van der Waals surface area contributed by atoms with Crippen LogP contribution < -0.4 is 0 Å². The molecule has 0 saturated carbocycles. The first-order chi connectivity index (χ1) is 8.50. The van der Waals surface area contributed by atoms with Crippen LogP contribution in [0.15, 0.2) is 24.3 Å². The monoisotopic (exact) mass is 249 g/mol. The average Bonchev–Trinajstić information content (AvgIpc) is 2.36. The third-order valence-corrected chi connectivity index (χ3v) is 3.79. The van der Waals surface area contributed by atoms with Gasteiger partial charge in [0, 0.05) is 19.1 Å². The van der Waals surface area contributed by atoms with Crippen molar-refractivity contribution in [1.82, 2.24) is 4.90 Å². The Hall–Kier alpha value is -1.39. The summed E-state index contributed by atoms with van der Waals surface area (Å²) in [6.07, 6.45) is -0.468. The lowest BCUT2D eigenvalue weighted by Crippen LogP contribution is -2.46. The van der Waals surface area contributed by atoms with E-state index < -0.39 is 18.0 Å². The number of hydrogen-bond donors (Lipinski definition) is 2. The minimum Gasteiger partial charge on any atom is -0.481 e. The fraction of sp³-hybridized carbons (Fsp3) is 0.500. The van der Waals surface area contributed by atoms with Crippen LogP contribution in [0.25, 0.3) is 0 Å². The molecule has 18 heavy (non-hydrogen) atoms. The van der Waals surface area contributed by atoms with Crippen molar-refractivity contribution in [3.05, 3.63) is 35.4 Å². The normalized spacial score (nSPS) is 23.2. The van der Waals surface area contributed by atoms with Crippen LogP contribution in [0.3, 0.4) is 0 Å². The van der Waals surface area contributed by atoms with E-state index in [1.165, 1.54) is 0 Å². The summed E-state index contributed by atoms with van der Waals surface area (Å²) < 4.78 is 0. The number of nitrogens with zero attached hydrogens (tertiary/aromatic N) is 1. The van der Waals surface area contributed by atoms with Crippen molar-refractivity contribution in [2.75, 3.05) is 6.54 Å². The molecule has 1 aromatic rings. The Labute approximate surface area is 107 Å². The van der Waals surface area contributed by atoms with E-state index >= 15 is 0 Å². The minimum absolute atomic E-state index is 0.0415. The lowest BCUT2D eigenvalue weighted by atomic mass is 9.89. The predicted octanol–water partition coefficient (Wildman–Crippen LogP) is 1.44. The first-order valence-corrected chi connectivity index (χ1v) is 6.23. The van der Waals surface area contributed by atoms with Gasteiger partial charge >= 0.3 is 5.97 Å². The lowest BCUT2D eigenvalue weighted by molar-refractivity contribution is -0.140. The highest BCUT2D eigenvalue weighted by atomic mass is 16.4. The molecule has 1 aromatic carbocycles. The summed E-state index contributed by atoms with van der Waals surface area (Å²) in [6, 6.07) is 7.61. The number of aliphatic hydroxyl groups is 1. The van der Waals surface area contributed by atoms with Crippen LogP contribution in [-0.4, -0.2) is 39.8 Å². The van der Waals surface area contributed by atoms with E-state index in [0.717, 1.165) is 11.1 Å². The fourth-order valence-corrected chi connectivity index (χ4v) is 2.46. The van der Waals surface area contributed by atoms with E-state index in [1.807, 2.05) is 36.1 Å². The van der Waals surface area contributed by atoms with Gasteiger partial charge in [-0.2, -0.15) is 0 Å². The maximum absolute atomic E-state index is 11.4. The van der Waals surface area contributed by atoms with Crippen molar-refractivity contribution in [3.8, 4) is 0 Å². The maximum Gasteiger partial charge on any atom is 0.312 e. The highest BCUT2D eigenvalue weighted by molar-refractivity contribution is 5.77. The molecule has 4 nitrogen and oxygen atoms in total. The summed E-state index contributed by atoms with van der Waals surface area (Å²) >= 11 is 0. The summed E-state index contributed by atoms with van der Waals surface area (Å²) in [4.78, 5) is 13.4. The van der Waals surface area contributed by atoms with Crippen molar-refractivity contribution in [1.29, 1.82) is 0 Å². The van der Waals surface area contributed by atoms with E-state index in [0.29, 0.717) is 13.1 Å². The molecule has 2 N–H and O–H groups in total. The highest BCUT2D eigenvalue weighted by Crippen LogP contribution is 2.30. The van der Waals surface area contributed by atoms with Crippen molar-refractivity contribution in [2.45, 2.75) is 38.5 Å². The highest BCUT2D eigenvalue weighted by Gasteiger charge is 2.33. The number of carbonyl (C=O) groups is 1. The molecule has 1 aliphatic heterocycles. The molecule has 98 valence electrons. The molecule has 1 heterocycles. The number of hydrogen-bond acceptors (Lipinski definition) is 3. The Balaban J connectivity index is 2.31. The van der Waals surface area contributed by atoms with Crippen LogP contribution in [0.5, 0.6) is 0 Å². The van der Waals surface area contributed by atoms with E-state index in [9.17, 15) is 15.0 Å². The Morgan fingerprint density at radius 1 is 1.39 bits per heavy atom. The van der Waals surface area contributed by atoms with Crippen LogP contribution in [0.2, 0.25) is 0 Å². The average molecular weight is 249 g/mol. The SMILES string of the molecule is CC(O)C(C)N1Cc2ccccc2C(C(=O)O)C1. The van der Waals surface area contributed by atoms with Crippen molar-refractivity contribution >= 4 is 5.97 Å². The Kier molecular flexibility index (Phi) is 3.68. The summed E-state index contributed by atoms with van der Waals surface area (Å²) in [6.45, 7) is 4.82. The van der Waals surface area contributed by atoms with Gasteiger partial charge < -0.3 is 10.2 Å². The van der Waals surface area contributed by atoms with Gasteiger partial charge in [-0.1, -0.05) is 24.3 Å². The van der Waals surface area contributed by atoms with Gasteiger partial charge in [0.15, 0.2) is 0 Å². The van der Waals surface area contributed by atoms with Crippen LogP contribution in [0, 0.1) is 0 Å². The first-order valence-electron chi connectivity index (χ1n) is 6.23. The van der Waals surface area contributed by atoms with Gasteiger partial charge in [0.25, 0.3) is 0 Å². The standard InChI is InChI=1S/C14H19NO3/c1-9(10(2)16)15-7-11-5-3-4-6-12(11)13(8-15)14(17)18/h3-6,9-10,13,16H,7-8H2,1-2H3,(H,17,18). The van der Waals surface area contributed by atoms with E-state index in [2.05, 4.69) is 0 Å². The zero-order chi connectivity index (χ0) is 13.3. The molecule has 0 saturated heterocycles. The molecule has 0 spiro atoms. The lowest BCUT2D eigenvalue weighted by Gasteiger charge is -2.37. The maximum atomic E-state index is 11.4. The molecule has 2 rings (SSSR count). The van der Waals surface area contributed by atoms with Gasteiger partial charge in [0.1, 0.15) is 0 Å².